The molecular formula is C31H27NO4S. The third-order valence-electron chi connectivity index (χ3n) is 6.80. The van der Waals surface area contributed by atoms with Crippen LogP contribution >= 0.6 is 11.8 Å². The number of para-hydroxylation sites is 1. The SMILES string of the molecule is CC[C@@H](C)c1ccccc1NC(=O)COC(=O)CSc1ccc2c3c(cccc13)C(=O)c1ccccc1-2. The number of carbonyl (C=O) groups excluding carboxylic acids is 3. The highest BCUT2D eigenvalue weighted by Crippen LogP contribution is 2.42. The number of ketones is 1. The quantitative estimate of drug-likeness (QED) is 0.183. The zero-order valence-electron chi connectivity index (χ0n) is 20.7. The molecule has 0 saturated heterocycles. The van der Waals surface area contributed by atoms with Crippen molar-refractivity contribution in [3.63, 3.8) is 0 Å². The van der Waals surface area contributed by atoms with Crippen LogP contribution in [-0.2, 0) is 14.3 Å². The van der Waals surface area contributed by atoms with Gasteiger partial charge in [-0.15, -0.1) is 11.8 Å². The topological polar surface area (TPSA) is 72.5 Å². The Morgan fingerprint density at radius 1 is 0.865 bits per heavy atom. The van der Waals surface area contributed by atoms with Crippen LogP contribution in [-0.4, -0.2) is 30.0 Å². The van der Waals surface area contributed by atoms with Crippen LogP contribution in [0.4, 0.5) is 5.69 Å². The largest absolute Gasteiger partial charge is 0.455 e. The van der Waals surface area contributed by atoms with Gasteiger partial charge in [0, 0.05) is 27.1 Å². The molecule has 37 heavy (non-hydrogen) atoms. The Morgan fingerprint density at radius 3 is 2.41 bits per heavy atom. The molecule has 4 aromatic rings. The second-order valence-corrected chi connectivity index (χ2v) is 10.1. The molecule has 1 atom stereocenters. The van der Waals surface area contributed by atoms with Gasteiger partial charge in [-0.25, -0.2) is 0 Å². The first-order chi connectivity index (χ1) is 18.0. The summed E-state index contributed by atoms with van der Waals surface area (Å²) in [5.74, 6) is -0.470. The fourth-order valence-corrected chi connectivity index (χ4v) is 5.60. The van der Waals surface area contributed by atoms with Gasteiger partial charge in [-0.05, 0) is 46.5 Å². The van der Waals surface area contributed by atoms with Crippen LogP contribution in [0.1, 0.15) is 47.7 Å². The first-order valence-corrected chi connectivity index (χ1v) is 13.3. The molecule has 4 aromatic carbocycles. The van der Waals surface area contributed by atoms with Gasteiger partial charge < -0.3 is 10.1 Å². The van der Waals surface area contributed by atoms with Crippen LogP contribution in [0, 0.1) is 0 Å². The van der Waals surface area contributed by atoms with E-state index in [1.165, 1.54) is 11.8 Å². The molecule has 0 aromatic heterocycles. The molecule has 5 nitrogen and oxygen atoms in total. The lowest BCUT2D eigenvalue weighted by molar-refractivity contribution is -0.144. The molecule has 0 fully saturated rings. The molecule has 1 N–H and O–H groups in total. The highest BCUT2D eigenvalue weighted by atomic mass is 32.2. The number of ether oxygens (including phenoxy) is 1. The standard InChI is InChI=1S/C31H27NO4S/c1-3-19(2)20-9-6-7-14-26(20)32-28(33)17-36-29(34)18-37-27-16-15-22-21-10-4-5-11-23(21)31(35)25-13-8-12-24(27)30(22)25/h4-16,19H,3,17-18H2,1-2H3,(H,32,33)/t19-/m1/s1. The number of rotatable bonds is 8. The zero-order chi connectivity index (χ0) is 25.9. The van der Waals surface area contributed by atoms with E-state index in [1.807, 2.05) is 78.9 Å². The number of esters is 1. The van der Waals surface area contributed by atoms with Crippen molar-refractivity contribution in [2.24, 2.45) is 0 Å². The maximum Gasteiger partial charge on any atom is 0.316 e. The fraction of sp³-hybridized carbons (Fsp3) is 0.194. The molecule has 1 aliphatic carbocycles. The van der Waals surface area contributed by atoms with E-state index < -0.39 is 5.97 Å². The van der Waals surface area contributed by atoms with Crippen molar-refractivity contribution in [1.82, 2.24) is 0 Å². The third-order valence-corrected chi connectivity index (χ3v) is 7.84. The van der Waals surface area contributed by atoms with Crippen molar-refractivity contribution in [2.75, 3.05) is 17.7 Å². The minimum atomic E-state index is -0.475. The Hall–Kier alpha value is -3.90. The van der Waals surface area contributed by atoms with Crippen LogP contribution in [0.5, 0.6) is 0 Å². The molecule has 0 heterocycles. The van der Waals surface area contributed by atoms with Crippen LogP contribution in [0.15, 0.2) is 83.8 Å². The average Bonchev–Trinajstić information content (AvgIpc) is 2.93. The summed E-state index contributed by atoms with van der Waals surface area (Å²) in [7, 11) is 0. The summed E-state index contributed by atoms with van der Waals surface area (Å²) in [4.78, 5) is 38.9. The molecule has 1 aliphatic rings. The molecule has 186 valence electrons. The number of anilines is 1. The molecule has 6 heteroatoms. The summed E-state index contributed by atoms with van der Waals surface area (Å²) in [6.07, 6.45) is 0.955. The highest BCUT2D eigenvalue weighted by Gasteiger charge is 2.25. The van der Waals surface area contributed by atoms with Gasteiger partial charge >= 0.3 is 5.97 Å². The van der Waals surface area contributed by atoms with Crippen molar-refractivity contribution in [1.29, 1.82) is 0 Å². The van der Waals surface area contributed by atoms with Crippen molar-refractivity contribution in [2.45, 2.75) is 31.1 Å². The van der Waals surface area contributed by atoms with Crippen LogP contribution < -0.4 is 5.32 Å². The Morgan fingerprint density at radius 2 is 1.59 bits per heavy atom. The molecular weight excluding hydrogens is 482 g/mol. The first-order valence-electron chi connectivity index (χ1n) is 12.3. The van der Waals surface area contributed by atoms with E-state index in [4.69, 9.17) is 4.74 Å². The van der Waals surface area contributed by atoms with Crippen LogP contribution in [0.3, 0.4) is 0 Å². The third kappa shape index (κ3) is 4.89. The summed E-state index contributed by atoms with van der Waals surface area (Å²) in [5.41, 5.74) is 5.12. The summed E-state index contributed by atoms with van der Waals surface area (Å²) in [6, 6.07) is 25.0. The Labute approximate surface area is 220 Å². The molecule has 0 aliphatic heterocycles. The summed E-state index contributed by atoms with van der Waals surface area (Å²) in [6.45, 7) is 3.87. The van der Waals surface area contributed by atoms with E-state index in [-0.39, 0.29) is 24.1 Å². The molecule has 0 unspecified atom stereocenters. The molecule has 0 saturated carbocycles. The minimum absolute atomic E-state index is 0.0103. The highest BCUT2D eigenvalue weighted by molar-refractivity contribution is 8.00. The number of carbonyl (C=O) groups is 3. The van der Waals surface area contributed by atoms with Gasteiger partial charge in [0.1, 0.15) is 0 Å². The fourth-order valence-electron chi connectivity index (χ4n) is 4.75. The maximum atomic E-state index is 13.1. The van der Waals surface area contributed by atoms with Gasteiger partial charge in [0.15, 0.2) is 12.4 Å². The molecule has 5 rings (SSSR count). The van der Waals surface area contributed by atoms with Gasteiger partial charge in [0.25, 0.3) is 5.91 Å². The number of fused-ring (bicyclic) bond motifs is 2. The number of nitrogens with one attached hydrogen (secondary N) is 1. The Balaban J connectivity index is 1.25. The predicted octanol–water partition coefficient (Wildman–Crippen LogP) is 6.84. The smallest absolute Gasteiger partial charge is 0.316 e. The second kappa shape index (κ2) is 10.6. The van der Waals surface area contributed by atoms with E-state index in [9.17, 15) is 14.4 Å². The average molecular weight is 510 g/mol. The summed E-state index contributed by atoms with van der Waals surface area (Å²) < 4.78 is 5.25. The van der Waals surface area contributed by atoms with Crippen molar-refractivity contribution in [3.05, 3.63) is 95.6 Å². The Bertz CT molecular complexity index is 1530. The van der Waals surface area contributed by atoms with Gasteiger partial charge in [-0.1, -0.05) is 80.6 Å². The molecule has 0 bridgehead atoms. The summed E-state index contributed by atoms with van der Waals surface area (Å²) >= 11 is 1.34. The lowest BCUT2D eigenvalue weighted by Gasteiger charge is -2.21. The number of thioether (sulfide) groups is 1. The first kappa shape index (κ1) is 24.8. The van der Waals surface area contributed by atoms with Gasteiger partial charge in [-0.2, -0.15) is 0 Å². The Kier molecular flexibility index (Phi) is 7.10. The number of hydrogen-bond donors (Lipinski definition) is 1. The number of amides is 1. The molecule has 0 radical (unpaired) electrons. The summed E-state index contributed by atoms with van der Waals surface area (Å²) in [5, 5.41) is 4.69. The van der Waals surface area contributed by atoms with E-state index in [1.54, 1.807) is 0 Å². The maximum absolute atomic E-state index is 13.1. The van der Waals surface area contributed by atoms with Gasteiger partial charge in [-0.3, -0.25) is 14.4 Å². The van der Waals surface area contributed by atoms with E-state index >= 15 is 0 Å². The van der Waals surface area contributed by atoms with Crippen molar-refractivity contribution >= 4 is 45.9 Å². The minimum Gasteiger partial charge on any atom is -0.455 e. The van der Waals surface area contributed by atoms with E-state index in [2.05, 4.69) is 19.2 Å². The molecule has 1 amide bonds. The van der Waals surface area contributed by atoms with Gasteiger partial charge in [0.05, 0.1) is 5.75 Å². The van der Waals surface area contributed by atoms with Crippen LogP contribution in [0.2, 0.25) is 0 Å². The van der Waals surface area contributed by atoms with E-state index in [0.29, 0.717) is 17.0 Å². The zero-order valence-corrected chi connectivity index (χ0v) is 21.6. The number of benzene rings is 4. The van der Waals surface area contributed by atoms with Crippen molar-refractivity contribution in [3.8, 4) is 11.1 Å². The lowest BCUT2D eigenvalue weighted by atomic mass is 9.83. The lowest BCUT2D eigenvalue weighted by Crippen LogP contribution is -2.22. The number of hydrogen-bond acceptors (Lipinski definition) is 5. The van der Waals surface area contributed by atoms with E-state index in [0.717, 1.165) is 44.5 Å². The monoisotopic (exact) mass is 509 g/mol. The van der Waals surface area contributed by atoms with Gasteiger partial charge in [0.2, 0.25) is 0 Å². The normalized spacial score (nSPS) is 12.6. The molecule has 0 spiro atoms. The van der Waals surface area contributed by atoms with Crippen molar-refractivity contribution < 1.29 is 19.1 Å². The second-order valence-electron chi connectivity index (χ2n) is 9.11. The van der Waals surface area contributed by atoms with Crippen LogP contribution in [0.25, 0.3) is 21.9 Å². The predicted molar refractivity (Wildman–Crippen MR) is 148 cm³/mol.